The number of rotatable bonds is 26. The van der Waals surface area contributed by atoms with Gasteiger partial charge in [-0.05, 0) is 37.5 Å². The fourth-order valence-electron chi connectivity index (χ4n) is 6.48. The molecule has 3 rings (SSSR count). The number of carboxylic acids is 1. The fourth-order valence-corrected chi connectivity index (χ4v) is 6.48. The van der Waals surface area contributed by atoms with Gasteiger partial charge in [-0.1, -0.05) is 135 Å². The van der Waals surface area contributed by atoms with Crippen LogP contribution in [0.15, 0.2) is 30.3 Å². The van der Waals surface area contributed by atoms with Crippen molar-refractivity contribution < 1.29 is 19.5 Å². The minimum atomic E-state index is -0.731. The second-order valence-electron chi connectivity index (χ2n) is 12.8. The van der Waals surface area contributed by atoms with Crippen molar-refractivity contribution in [2.24, 2.45) is 0 Å². The van der Waals surface area contributed by atoms with E-state index in [0.717, 1.165) is 74.4 Å². The van der Waals surface area contributed by atoms with Crippen molar-refractivity contribution in [3.05, 3.63) is 41.5 Å². The van der Waals surface area contributed by atoms with Crippen LogP contribution in [0.25, 0.3) is 10.8 Å². The Bertz CT molecular complexity index is 1140. The number of carboxylic acid groups (broad SMARTS) is 1. The summed E-state index contributed by atoms with van der Waals surface area (Å²) in [5.74, 6) is -1.11. The molecule has 0 unspecified atom stereocenters. The predicted octanol–water partition coefficient (Wildman–Crippen LogP) is 10.5. The highest BCUT2D eigenvalue weighted by Gasteiger charge is 2.32. The van der Waals surface area contributed by atoms with Crippen LogP contribution in [0.4, 0.5) is 5.69 Å². The Balaban J connectivity index is 1.34. The van der Waals surface area contributed by atoms with Crippen LogP contribution in [-0.4, -0.2) is 40.9 Å². The molecule has 0 aliphatic carbocycles. The summed E-state index contributed by atoms with van der Waals surface area (Å²) in [6, 6.07) is 9.68. The number of nitrogens with zero attached hydrogens (tertiary/aromatic N) is 1. The van der Waals surface area contributed by atoms with Gasteiger partial charge in [-0.15, -0.1) is 0 Å². The van der Waals surface area contributed by atoms with Crippen molar-refractivity contribution >= 4 is 34.2 Å². The summed E-state index contributed by atoms with van der Waals surface area (Å²) >= 11 is 0. The van der Waals surface area contributed by atoms with Crippen LogP contribution in [-0.2, 0) is 4.79 Å². The molecular weight excluding hydrogens is 548 g/mol. The normalized spacial score (nSPS) is 12.8. The van der Waals surface area contributed by atoms with Crippen molar-refractivity contribution in [1.82, 2.24) is 4.90 Å². The molecule has 2 aromatic rings. The van der Waals surface area contributed by atoms with Gasteiger partial charge in [0.15, 0.2) is 0 Å². The number of benzene rings is 2. The van der Waals surface area contributed by atoms with Gasteiger partial charge in [0.2, 0.25) is 0 Å². The molecule has 1 aliphatic heterocycles. The van der Waals surface area contributed by atoms with E-state index >= 15 is 0 Å². The molecule has 0 saturated heterocycles. The number of hydrogen-bond donors (Lipinski definition) is 2. The Morgan fingerprint density at radius 3 is 1.70 bits per heavy atom. The maximum Gasteiger partial charge on any atom is 0.303 e. The first-order valence-electron chi connectivity index (χ1n) is 17.9. The first kappa shape index (κ1) is 35.6. The van der Waals surface area contributed by atoms with Gasteiger partial charge in [0, 0.05) is 47.1 Å². The lowest BCUT2D eigenvalue weighted by Gasteiger charge is -2.28. The van der Waals surface area contributed by atoms with Crippen molar-refractivity contribution in [3.63, 3.8) is 0 Å². The van der Waals surface area contributed by atoms with Crippen LogP contribution in [0.3, 0.4) is 0 Å². The van der Waals surface area contributed by atoms with E-state index in [1.165, 1.54) is 88.4 Å². The molecule has 0 radical (unpaired) electrons. The molecule has 6 nitrogen and oxygen atoms in total. The third-order valence-electron chi connectivity index (χ3n) is 9.11. The van der Waals surface area contributed by atoms with Crippen LogP contribution in [0, 0.1) is 0 Å². The molecule has 0 spiro atoms. The van der Waals surface area contributed by atoms with E-state index in [0.29, 0.717) is 17.7 Å². The zero-order valence-corrected chi connectivity index (χ0v) is 27.5. The van der Waals surface area contributed by atoms with Gasteiger partial charge in [0.1, 0.15) is 0 Å². The number of carbonyl (C=O) groups is 3. The lowest BCUT2D eigenvalue weighted by Crippen LogP contribution is -2.40. The average molecular weight is 607 g/mol. The van der Waals surface area contributed by atoms with E-state index in [-0.39, 0.29) is 18.2 Å². The lowest BCUT2D eigenvalue weighted by atomic mass is 9.92. The van der Waals surface area contributed by atoms with Crippen molar-refractivity contribution in [3.8, 4) is 0 Å². The summed E-state index contributed by atoms with van der Waals surface area (Å²) < 4.78 is 0. The number of anilines is 1. The molecular formula is C38H58N2O4. The number of amides is 2. The van der Waals surface area contributed by atoms with Gasteiger partial charge in [0.25, 0.3) is 11.8 Å². The van der Waals surface area contributed by atoms with Gasteiger partial charge in [-0.2, -0.15) is 0 Å². The summed E-state index contributed by atoms with van der Waals surface area (Å²) in [7, 11) is 0. The SMILES string of the molecule is CCCCCCCCCCCCCCCCNc1ccc2c3c(cccc13)C(=O)N(CCCCCCCCCC(=O)O)C2=O. The molecule has 244 valence electrons. The highest BCUT2D eigenvalue weighted by atomic mass is 16.4. The second kappa shape index (κ2) is 21.0. The molecule has 0 saturated carbocycles. The molecule has 2 amide bonds. The van der Waals surface area contributed by atoms with Gasteiger partial charge in [-0.3, -0.25) is 19.3 Å². The minimum absolute atomic E-state index is 0.189. The fraction of sp³-hybridized carbons (Fsp3) is 0.658. The van der Waals surface area contributed by atoms with E-state index in [1.54, 1.807) is 0 Å². The number of carbonyl (C=O) groups excluding carboxylic acids is 2. The van der Waals surface area contributed by atoms with Gasteiger partial charge < -0.3 is 10.4 Å². The summed E-state index contributed by atoms with van der Waals surface area (Å²) in [5, 5.41) is 14.0. The quantitative estimate of drug-likeness (QED) is 0.0822. The first-order chi connectivity index (χ1) is 21.5. The highest BCUT2D eigenvalue weighted by Crippen LogP contribution is 2.34. The second-order valence-corrected chi connectivity index (χ2v) is 12.8. The number of unbranched alkanes of at least 4 members (excludes halogenated alkanes) is 19. The highest BCUT2D eigenvalue weighted by molar-refractivity contribution is 6.26. The Morgan fingerprint density at radius 2 is 1.14 bits per heavy atom. The Labute approximate surface area is 266 Å². The van der Waals surface area contributed by atoms with E-state index < -0.39 is 5.97 Å². The van der Waals surface area contributed by atoms with Crippen LogP contribution in [0.5, 0.6) is 0 Å². The molecule has 0 fully saturated rings. The van der Waals surface area contributed by atoms with Crippen LogP contribution >= 0.6 is 0 Å². The van der Waals surface area contributed by atoms with Crippen molar-refractivity contribution in [2.45, 2.75) is 148 Å². The number of hydrogen-bond acceptors (Lipinski definition) is 4. The van der Waals surface area contributed by atoms with E-state index in [2.05, 4.69) is 12.2 Å². The van der Waals surface area contributed by atoms with E-state index in [4.69, 9.17) is 5.11 Å². The molecule has 1 heterocycles. The summed E-state index contributed by atoms with van der Waals surface area (Å²) in [6.45, 7) is 3.60. The van der Waals surface area contributed by atoms with E-state index in [9.17, 15) is 14.4 Å². The number of nitrogens with one attached hydrogen (secondary N) is 1. The smallest absolute Gasteiger partial charge is 0.303 e. The minimum Gasteiger partial charge on any atom is -0.481 e. The Hall–Kier alpha value is -2.89. The van der Waals surface area contributed by atoms with Gasteiger partial charge in [-0.25, -0.2) is 0 Å². The zero-order chi connectivity index (χ0) is 31.4. The standard InChI is InChI=1S/C38H58N2O4/c1-2-3-4-5-6-7-8-9-10-11-12-15-18-21-29-39-34-28-27-33-36-31(34)24-23-25-32(36)37(43)40(38(33)44)30-22-19-16-13-14-17-20-26-35(41)42/h23-25,27-28,39H,2-22,26,29-30H2,1H3,(H,41,42). The largest absolute Gasteiger partial charge is 0.481 e. The molecule has 2 N–H and O–H groups in total. The molecule has 44 heavy (non-hydrogen) atoms. The summed E-state index contributed by atoms with van der Waals surface area (Å²) in [5.41, 5.74) is 2.24. The average Bonchev–Trinajstić information content (AvgIpc) is 3.02. The van der Waals surface area contributed by atoms with Crippen LogP contribution in [0.2, 0.25) is 0 Å². The van der Waals surface area contributed by atoms with E-state index in [1.807, 2.05) is 30.3 Å². The number of imide groups is 1. The third kappa shape index (κ3) is 11.9. The van der Waals surface area contributed by atoms with Gasteiger partial charge >= 0.3 is 5.97 Å². The van der Waals surface area contributed by atoms with Crippen LogP contribution < -0.4 is 5.32 Å². The summed E-state index contributed by atoms with van der Waals surface area (Å²) in [4.78, 5) is 38.8. The monoisotopic (exact) mass is 606 g/mol. The van der Waals surface area contributed by atoms with Crippen molar-refractivity contribution in [1.29, 1.82) is 0 Å². The van der Waals surface area contributed by atoms with Crippen LogP contribution in [0.1, 0.15) is 169 Å². The zero-order valence-electron chi connectivity index (χ0n) is 27.5. The topological polar surface area (TPSA) is 86.7 Å². The maximum absolute atomic E-state index is 13.4. The molecule has 0 bridgehead atoms. The third-order valence-corrected chi connectivity index (χ3v) is 9.11. The Kier molecular flexibility index (Phi) is 16.9. The predicted molar refractivity (Wildman–Crippen MR) is 183 cm³/mol. The molecule has 2 aromatic carbocycles. The maximum atomic E-state index is 13.4. The summed E-state index contributed by atoms with van der Waals surface area (Å²) in [6.07, 6.45) is 25.6. The van der Waals surface area contributed by atoms with Crippen molar-refractivity contribution in [2.75, 3.05) is 18.4 Å². The Morgan fingerprint density at radius 1 is 0.636 bits per heavy atom. The lowest BCUT2D eigenvalue weighted by molar-refractivity contribution is -0.137. The number of aliphatic carboxylic acids is 1. The molecule has 1 aliphatic rings. The molecule has 0 atom stereocenters. The first-order valence-corrected chi connectivity index (χ1v) is 17.9. The molecule has 0 aromatic heterocycles. The molecule has 6 heteroatoms. The van der Waals surface area contributed by atoms with Gasteiger partial charge in [0.05, 0.1) is 0 Å².